The highest BCUT2D eigenvalue weighted by atomic mass is 16.4. The topological polar surface area (TPSA) is 274 Å². The first-order valence-electron chi connectivity index (χ1n) is 13.6. The summed E-state index contributed by atoms with van der Waals surface area (Å²) in [5, 5.41) is 18.2. The Kier molecular flexibility index (Phi) is 12.7. The van der Waals surface area contributed by atoms with Crippen LogP contribution in [0.1, 0.15) is 45.1 Å². The van der Waals surface area contributed by atoms with Gasteiger partial charge in [-0.15, -0.1) is 0 Å². The lowest BCUT2D eigenvalue weighted by molar-refractivity contribution is -0.142. The Balaban J connectivity index is 2.27. The van der Waals surface area contributed by atoms with Crippen LogP contribution in [0.2, 0.25) is 0 Å². The number of rotatable bonds is 17. The molecule has 0 radical (unpaired) electrons. The quantitative estimate of drug-likeness (QED) is 0.0594. The lowest BCUT2D eigenvalue weighted by Crippen LogP contribution is -2.59. The Bertz CT molecular complexity index is 1290. The molecule has 15 nitrogen and oxygen atoms in total. The van der Waals surface area contributed by atoms with E-state index in [-0.39, 0.29) is 25.3 Å². The first-order chi connectivity index (χ1) is 19.8. The van der Waals surface area contributed by atoms with E-state index in [0.717, 1.165) is 10.9 Å². The molecule has 2 aromatic rings. The number of aromatic nitrogens is 1. The maximum absolute atomic E-state index is 13.6. The molecule has 42 heavy (non-hydrogen) atoms. The number of carbonyl (C=O) groups excluding carboxylic acids is 4. The van der Waals surface area contributed by atoms with Crippen molar-refractivity contribution in [3.05, 3.63) is 36.0 Å². The molecule has 0 saturated carbocycles. The van der Waals surface area contributed by atoms with Crippen LogP contribution in [0.15, 0.2) is 35.5 Å². The number of primary amides is 1. The number of aliphatic carboxylic acids is 1. The number of benzene rings is 1. The van der Waals surface area contributed by atoms with Gasteiger partial charge in [0.1, 0.15) is 18.1 Å². The molecule has 0 fully saturated rings. The lowest BCUT2D eigenvalue weighted by atomic mass is 9.96. The minimum atomic E-state index is -1.29. The van der Waals surface area contributed by atoms with Gasteiger partial charge in [0.2, 0.25) is 23.6 Å². The number of amides is 4. The van der Waals surface area contributed by atoms with Gasteiger partial charge >= 0.3 is 5.97 Å². The summed E-state index contributed by atoms with van der Waals surface area (Å²) in [6.07, 6.45) is 2.13. The molecular formula is C27H41N9O6. The molecule has 0 aliphatic carbocycles. The number of guanidine groups is 1. The largest absolute Gasteiger partial charge is 0.480 e. The highest BCUT2D eigenvalue weighted by Gasteiger charge is 2.33. The number of carboxylic acid groups (broad SMARTS) is 1. The number of hydrogen-bond donors (Lipinski definition) is 9. The molecule has 5 atom stereocenters. The highest BCUT2D eigenvalue weighted by Crippen LogP contribution is 2.20. The zero-order chi connectivity index (χ0) is 31.4. The van der Waals surface area contributed by atoms with Crippen molar-refractivity contribution in [1.29, 1.82) is 0 Å². The molecule has 230 valence electrons. The minimum Gasteiger partial charge on any atom is -0.480 e. The highest BCUT2D eigenvalue weighted by molar-refractivity contribution is 5.95. The van der Waals surface area contributed by atoms with Crippen molar-refractivity contribution >= 4 is 46.5 Å². The third-order valence-electron chi connectivity index (χ3n) is 6.84. The fourth-order valence-corrected chi connectivity index (χ4v) is 4.30. The summed E-state index contributed by atoms with van der Waals surface area (Å²) in [5.74, 6) is -4.73. The third kappa shape index (κ3) is 10.1. The Morgan fingerprint density at radius 3 is 2.26 bits per heavy atom. The van der Waals surface area contributed by atoms with Crippen molar-refractivity contribution in [2.75, 3.05) is 6.54 Å². The maximum atomic E-state index is 13.6. The van der Waals surface area contributed by atoms with E-state index in [1.54, 1.807) is 13.1 Å². The van der Waals surface area contributed by atoms with E-state index < -0.39 is 66.1 Å². The SMILES string of the molecule is CCC(C)C(NC(=O)C(Cc1c[nH]c2ccccc12)NC(=O)C(N)CC(N)=O)C(=O)NC(CCCN=C(N)N)C(=O)O. The Morgan fingerprint density at radius 2 is 1.64 bits per heavy atom. The van der Waals surface area contributed by atoms with E-state index >= 15 is 0 Å². The van der Waals surface area contributed by atoms with Gasteiger partial charge in [-0.25, -0.2) is 4.79 Å². The fourth-order valence-electron chi connectivity index (χ4n) is 4.30. The van der Waals surface area contributed by atoms with E-state index in [0.29, 0.717) is 18.4 Å². The van der Waals surface area contributed by atoms with Gasteiger partial charge in [0, 0.05) is 30.1 Å². The van der Waals surface area contributed by atoms with E-state index in [1.165, 1.54) is 0 Å². The van der Waals surface area contributed by atoms with Gasteiger partial charge < -0.3 is 49.0 Å². The predicted octanol–water partition coefficient (Wildman–Crippen LogP) is -1.45. The van der Waals surface area contributed by atoms with Crippen molar-refractivity contribution in [2.24, 2.45) is 33.8 Å². The number of H-pyrrole nitrogens is 1. The Hall–Kier alpha value is -4.66. The monoisotopic (exact) mass is 587 g/mol. The fraction of sp³-hybridized carbons (Fsp3) is 0.481. The standard InChI is InChI=1S/C27H41N9O6/c1-3-14(2)22(25(40)34-19(26(41)42)9-6-10-32-27(30)31)36-24(39)20(35-23(38)17(28)12-21(29)37)11-15-13-33-18-8-5-4-7-16(15)18/h4-5,7-8,13-14,17,19-20,22,33H,3,6,9-12,28H2,1-2H3,(H2,29,37)(H,34,40)(H,35,38)(H,36,39)(H,41,42)(H4,30,31,32). The second kappa shape index (κ2) is 16.0. The summed E-state index contributed by atoms with van der Waals surface area (Å²) in [4.78, 5) is 69.7. The Labute approximate surface area is 243 Å². The average molecular weight is 588 g/mol. The van der Waals surface area contributed by atoms with Crippen molar-refractivity contribution < 1.29 is 29.1 Å². The van der Waals surface area contributed by atoms with E-state index in [4.69, 9.17) is 22.9 Å². The predicted molar refractivity (Wildman–Crippen MR) is 157 cm³/mol. The van der Waals surface area contributed by atoms with Gasteiger partial charge in [0.15, 0.2) is 5.96 Å². The molecule has 0 bridgehead atoms. The second-order valence-electron chi connectivity index (χ2n) is 10.1. The van der Waals surface area contributed by atoms with Crippen molar-refractivity contribution in [3.63, 3.8) is 0 Å². The van der Waals surface area contributed by atoms with Crippen LogP contribution in [0, 0.1) is 5.92 Å². The maximum Gasteiger partial charge on any atom is 0.326 e. The Morgan fingerprint density at radius 1 is 0.976 bits per heavy atom. The van der Waals surface area contributed by atoms with Crippen LogP contribution >= 0.6 is 0 Å². The van der Waals surface area contributed by atoms with Crippen LogP contribution in [0.4, 0.5) is 0 Å². The molecule has 0 aliphatic rings. The molecule has 1 aromatic carbocycles. The molecule has 0 spiro atoms. The van der Waals surface area contributed by atoms with E-state index in [1.807, 2.05) is 31.2 Å². The summed E-state index contributed by atoms with van der Waals surface area (Å²) < 4.78 is 0. The molecular weight excluding hydrogens is 546 g/mol. The molecule has 1 heterocycles. The van der Waals surface area contributed by atoms with Gasteiger partial charge in [-0.05, 0) is 30.4 Å². The molecule has 2 rings (SSSR count). The number of para-hydroxylation sites is 1. The number of aromatic amines is 1. The normalized spacial score (nSPS) is 14.5. The number of aliphatic imine (C=N–C) groups is 1. The zero-order valence-electron chi connectivity index (χ0n) is 23.8. The molecule has 4 amide bonds. The van der Waals surface area contributed by atoms with Crippen LogP contribution in [-0.2, 0) is 30.4 Å². The summed E-state index contributed by atoms with van der Waals surface area (Å²) >= 11 is 0. The summed E-state index contributed by atoms with van der Waals surface area (Å²) in [6, 6.07) is 2.54. The zero-order valence-corrected chi connectivity index (χ0v) is 23.8. The molecule has 5 unspecified atom stereocenters. The van der Waals surface area contributed by atoms with Gasteiger partial charge in [-0.1, -0.05) is 38.5 Å². The first kappa shape index (κ1) is 33.5. The van der Waals surface area contributed by atoms with Crippen LogP contribution in [0.3, 0.4) is 0 Å². The van der Waals surface area contributed by atoms with Crippen LogP contribution in [0.5, 0.6) is 0 Å². The molecule has 0 aliphatic heterocycles. The van der Waals surface area contributed by atoms with Crippen molar-refractivity contribution in [2.45, 2.75) is 70.1 Å². The number of nitrogens with two attached hydrogens (primary N) is 4. The van der Waals surface area contributed by atoms with Crippen LogP contribution < -0.4 is 38.9 Å². The number of carboxylic acids is 1. The molecule has 1 aromatic heterocycles. The average Bonchev–Trinajstić information content (AvgIpc) is 3.34. The number of carbonyl (C=O) groups is 5. The van der Waals surface area contributed by atoms with Gasteiger partial charge in [-0.2, -0.15) is 0 Å². The van der Waals surface area contributed by atoms with Gasteiger partial charge in [0.25, 0.3) is 0 Å². The number of hydrogen-bond acceptors (Lipinski definition) is 7. The number of fused-ring (bicyclic) bond motifs is 1. The molecule has 15 heteroatoms. The molecule has 0 saturated heterocycles. The lowest BCUT2D eigenvalue weighted by Gasteiger charge is -2.28. The first-order valence-corrected chi connectivity index (χ1v) is 13.6. The van der Waals surface area contributed by atoms with Crippen molar-refractivity contribution in [3.8, 4) is 0 Å². The van der Waals surface area contributed by atoms with Crippen LogP contribution in [-0.4, -0.2) is 76.4 Å². The smallest absolute Gasteiger partial charge is 0.326 e. The number of nitrogens with one attached hydrogen (secondary N) is 4. The van der Waals surface area contributed by atoms with E-state index in [2.05, 4.69) is 25.9 Å². The minimum absolute atomic E-state index is 0.0300. The summed E-state index contributed by atoms with van der Waals surface area (Å²) in [7, 11) is 0. The summed E-state index contributed by atoms with van der Waals surface area (Å²) in [6.45, 7) is 3.73. The van der Waals surface area contributed by atoms with E-state index in [9.17, 15) is 29.1 Å². The summed E-state index contributed by atoms with van der Waals surface area (Å²) in [5.41, 5.74) is 23.1. The number of nitrogens with zero attached hydrogens (tertiary/aromatic N) is 1. The molecule has 13 N–H and O–H groups in total. The second-order valence-corrected chi connectivity index (χ2v) is 10.1. The van der Waals surface area contributed by atoms with Gasteiger partial charge in [-0.3, -0.25) is 24.2 Å². The third-order valence-corrected chi connectivity index (χ3v) is 6.84. The van der Waals surface area contributed by atoms with Crippen molar-refractivity contribution in [1.82, 2.24) is 20.9 Å². The van der Waals surface area contributed by atoms with Crippen LogP contribution in [0.25, 0.3) is 10.9 Å². The van der Waals surface area contributed by atoms with Gasteiger partial charge in [0.05, 0.1) is 12.5 Å².